The fraction of sp³-hybridized carbons (Fsp3) is 0.500. The number of nitrogens with zero attached hydrogens (tertiary/aromatic N) is 1. The Morgan fingerprint density at radius 2 is 1.94 bits per heavy atom. The number of aryl methyl sites for hydroxylation is 1. The van der Waals surface area contributed by atoms with E-state index in [9.17, 15) is 4.79 Å². The number of rotatable bonds is 5. The van der Waals surface area contributed by atoms with Crippen molar-refractivity contribution in [1.29, 1.82) is 0 Å². The molecule has 1 rings (SSSR count). The highest BCUT2D eigenvalue weighted by Crippen LogP contribution is 2.20. The molecule has 0 aliphatic heterocycles. The van der Waals surface area contributed by atoms with Crippen LogP contribution in [0.5, 0.6) is 0 Å². The fourth-order valence-electron chi connectivity index (χ4n) is 1.78. The minimum atomic E-state index is -0.567. The van der Waals surface area contributed by atoms with Crippen molar-refractivity contribution in [2.45, 2.75) is 26.0 Å². The summed E-state index contributed by atoms with van der Waals surface area (Å²) in [4.78, 5) is 13.8. The zero-order chi connectivity index (χ0) is 13.7. The van der Waals surface area contributed by atoms with Crippen molar-refractivity contribution in [2.24, 2.45) is 5.73 Å². The number of amides is 1. The van der Waals surface area contributed by atoms with Crippen LogP contribution in [0.15, 0.2) is 24.3 Å². The van der Waals surface area contributed by atoms with Crippen LogP contribution in [0.25, 0.3) is 0 Å². The van der Waals surface area contributed by atoms with Crippen molar-refractivity contribution in [3.63, 3.8) is 0 Å². The summed E-state index contributed by atoms with van der Waals surface area (Å²) in [6.45, 7) is 4.23. The molecule has 4 heteroatoms. The summed E-state index contributed by atoms with van der Waals surface area (Å²) in [5.41, 5.74) is 7.81. The molecule has 0 saturated heterocycles. The molecule has 0 aliphatic carbocycles. The first kappa shape index (κ1) is 14.7. The molecule has 0 spiro atoms. The lowest BCUT2D eigenvalue weighted by Gasteiger charge is -2.28. The second kappa shape index (κ2) is 6.52. The van der Waals surface area contributed by atoms with Crippen LogP contribution in [-0.2, 0) is 9.53 Å². The standard InChI is InChI=1S/C14H22N2O2/c1-10-5-7-12(8-6-10)11(2)16(3)14(17)13(9-15)18-4/h5-8,11,13H,9,15H2,1-4H3. The zero-order valence-corrected chi connectivity index (χ0v) is 11.5. The predicted octanol–water partition coefficient (Wildman–Crippen LogP) is 1.49. The van der Waals surface area contributed by atoms with Crippen LogP contribution in [0.4, 0.5) is 0 Å². The summed E-state index contributed by atoms with van der Waals surface area (Å²) >= 11 is 0. The van der Waals surface area contributed by atoms with Gasteiger partial charge in [-0.15, -0.1) is 0 Å². The highest BCUT2D eigenvalue weighted by atomic mass is 16.5. The van der Waals surface area contributed by atoms with Crippen molar-refractivity contribution >= 4 is 5.91 Å². The summed E-state index contributed by atoms with van der Waals surface area (Å²) in [7, 11) is 3.27. The first-order valence-corrected chi connectivity index (χ1v) is 6.07. The van der Waals surface area contributed by atoms with Gasteiger partial charge in [-0.1, -0.05) is 29.8 Å². The maximum atomic E-state index is 12.1. The number of hydrogen-bond donors (Lipinski definition) is 1. The lowest BCUT2D eigenvalue weighted by molar-refractivity contribution is -0.142. The number of methoxy groups -OCH3 is 1. The van der Waals surface area contributed by atoms with E-state index in [-0.39, 0.29) is 18.5 Å². The lowest BCUT2D eigenvalue weighted by atomic mass is 10.1. The number of benzene rings is 1. The normalized spacial score (nSPS) is 14.1. The summed E-state index contributed by atoms with van der Waals surface area (Å²) in [6.07, 6.45) is -0.567. The van der Waals surface area contributed by atoms with E-state index in [2.05, 4.69) is 0 Å². The number of nitrogens with two attached hydrogens (primary N) is 1. The van der Waals surface area contributed by atoms with Crippen LogP contribution >= 0.6 is 0 Å². The molecular weight excluding hydrogens is 228 g/mol. The molecule has 0 heterocycles. The first-order chi connectivity index (χ1) is 8.51. The van der Waals surface area contributed by atoms with E-state index in [1.165, 1.54) is 12.7 Å². The van der Waals surface area contributed by atoms with Gasteiger partial charge in [-0.05, 0) is 19.4 Å². The molecule has 1 amide bonds. The Morgan fingerprint density at radius 3 is 2.39 bits per heavy atom. The third-order valence-corrected chi connectivity index (χ3v) is 3.26. The van der Waals surface area contributed by atoms with Gasteiger partial charge in [-0.2, -0.15) is 0 Å². The van der Waals surface area contributed by atoms with E-state index in [0.29, 0.717) is 0 Å². The molecule has 100 valence electrons. The van der Waals surface area contributed by atoms with Gasteiger partial charge in [0.2, 0.25) is 0 Å². The van der Waals surface area contributed by atoms with E-state index in [1.54, 1.807) is 11.9 Å². The minimum Gasteiger partial charge on any atom is -0.370 e. The largest absolute Gasteiger partial charge is 0.370 e. The Hall–Kier alpha value is -1.39. The molecule has 4 nitrogen and oxygen atoms in total. The van der Waals surface area contributed by atoms with Crippen molar-refractivity contribution < 1.29 is 9.53 Å². The number of carbonyl (C=O) groups excluding carboxylic acids is 1. The van der Waals surface area contributed by atoms with E-state index in [1.807, 2.05) is 38.1 Å². The molecule has 0 aliphatic rings. The summed E-state index contributed by atoms with van der Waals surface area (Å²) < 4.78 is 5.07. The second-order valence-corrected chi connectivity index (χ2v) is 4.50. The van der Waals surface area contributed by atoms with Crippen LogP contribution in [0.1, 0.15) is 24.1 Å². The molecular formula is C14H22N2O2. The molecule has 1 aromatic carbocycles. The molecule has 0 saturated carbocycles. The summed E-state index contributed by atoms with van der Waals surface area (Å²) in [6, 6.07) is 8.16. The van der Waals surface area contributed by atoms with E-state index >= 15 is 0 Å². The Kier molecular flexibility index (Phi) is 5.31. The minimum absolute atomic E-state index is 0.00213. The summed E-state index contributed by atoms with van der Waals surface area (Å²) in [5, 5.41) is 0. The van der Waals surface area contributed by atoms with Crippen molar-refractivity contribution in [3.05, 3.63) is 35.4 Å². The second-order valence-electron chi connectivity index (χ2n) is 4.50. The van der Waals surface area contributed by atoms with E-state index in [0.717, 1.165) is 5.56 Å². The van der Waals surface area contributed by atoms with Gasteiger partial charge in [-0.25, -0.2) is 0 Å². The lowest BCUT2D eigenvalue weighted by Crippen LogP contribution is -2.42. The van der Waals surface area contributed by atoms with Crippen LogP contribution in [-0.4, -0.2) is 37.6 Å². The van der Waals surface area contributed by atoms with Gasteiger partial charge in [0.15, 0.2) is 0 Å². The topological polar surface area (TPSA) is 55.6 Å². The predicted molar refractivity (Wildman–Crippen MR) is 72.2 cm³/mol. The maximum absolute atomic E-state index is 12.1. The third kappa shape index (κ3) is 3.31. The third-order valence-electron chi connectivity index (χ3n) is 3.26. The van der Waals surface area contributed by atoms with Crippen molar-refractivity contribution in [2.75, 3.05) is 20.7 Å². The highest BCUT2D eigenvalue weighted by molar-refractivity contribution is 5.81. The monoisotopic (exact) mass is 250 g/mol. The molecule has 18 heavy (non-hydrogen) atoms. The van der Waals surface area contributed by atoms with Crippen molar-refractivity contribution in [1.82, 2.24) is 4.90 Å². The Labute approximate surface area is 109 Å². The summed E-state index contributed by atoms with van der Waals surface area (Å²) in [5.74, 6) is -0.0897. The molecule has 0 bridgehead atoms. The Bertz CT molecular complexity index is 385. The Morgan fingerprint density at radius 1 is 1.39 bits per heavy atom. The van der Waals surface area contributed by atoms with Gasteiger partial charge < -0.3 is 15.4 Å². The number of hydrogen-bond acceptors (Lipinski definition) is 3. The van der Waals surface area contributed by atoms with E-state index in [4.69, 9.17) is 10.5 Å². The molecule has 1 aromatic rings. The van der Waals surface area contributed by atoms with E-state index < -0.39 is 6.10 Å². The average Bonchev–Trinajstić information content (AvgIpc) is 2.39. The Balaban J connectivity index is 2.80. The van der Waals surface area contributed by atoms with Gasteiger partial charge in [0.25, 0.3) is 5.91 Å². The quantitative estimate of drug-likeness (QED) is 0.861. The average molecular weight is 250 g/mol. The molecule has 2 N–H and O–H groups in total. The fourth-order valence-corrected chi connectivity index (χ4v) is 1.78. The number of ether oxygens (including phenoxy) is 1. The maximum Gasteiger partial charge on any atom is 0.253 e. The van der Waals surface area contributed by atoms with Gasteiger partial charge in [0.05, 0.1) is 6.04 Å². The van der Waals surface area contributed by atoms with Crippen LogP contribution in [0, 0.1) is 6.92 Å². The molecule has 0 radical (unpaired) electrons. The smallest absolute Gasteiger partial charge is 0.253 e. The molecule has 0 fully saturated rings. The van der Waals surface area contributed by atoms with Gasteiger partial charge >= 0.3 is 0 Å². The highest BCUT2D eigenvalue weighted by Gasteiger charge is 2.24. The van der Waals surface area contributed by atoms with Crippen molar-refractivity contribution in [3.8, 4) is 0 Å². The first-order valence-electron chi connectivity index (χ1n) is 6.07. The zero-order valence-electron chi connectivity index (χ0n) is 11.5. The SMILES string of the molecule is COC(CN)C(=O)N(C)C(C)c1ccc(C)cc1. The van der Waals surface area contributed by atoms with Gasteiger partial charge in [0.1, 0.15) is 6.10 Å². The van der Waals surface area contributed by atoms with Crippen LogP contribution in [0.3, 0.4) is 0 Å². The number of likely N-dealkylation sites (N-methyl/N-ethyl adjacent to an activating group) is 1. The van der Waals surface area contributed by atoms with Crippen LogP contribution in [0.2, 0.25) is 0 Å². The molecule has 0 aromatic heterocycles. The van der Waals surface area contributed by atoms with Gasteiger partial charge in [-0.3, -0.25) is 4.79 Å². The van der Waals surface area contributed by atoms with Crippen LogP contribution < -0.4 is 5.73 Å². The molecule has 2 atom stereocenters. The number of carbonyl (C=O) groups is 1. The molecule has 2 unspecified atom stereocenters. The van der Waals surface area contributed by atoms with Gasteiger partial charge in [0, 0.05) is 20.7 Å².